The Hall–Kier alpha value is -0.530. The fraction of sp³-hybridized carbons (Fsp3) is 0.938. The van der Waals surface area contributed by atoms with Crippen LogP contribution in [0.5, 0.6) is 0 Å². The van der Waals surface area contributed by atoms with Gasteiger partial charge in [0.1, 0.15) is 0 Å². The number of unbranched alkanes of at least 4 members (excludes halogenated alkanes) is 1. The largest absolute Gasteiger partial charge is 0.356 e. The van der Waals surface area contributed by atoms with Crippen LogP contribution in [0.1, 0.15) is 67.2 Å². The molecule has 2 nitrogen and oxygen atoms in total. The standard InChI is InChI=1S/C16H33NO/c1-7-9-10-14(8-2)16(18)17-11-15(12(3)4)13(5)6/h12-15H,7-11H2,1-6H3,(H,17,18). The first kappa shape index (κ1) is 17.5. The lowest BCUT2D eigenvalue weighted by atomic mass is 9.85. The zero-order valence-electron chi connectivity index (χ0n) is 13.3. The molecule has 108 valence electrons. The molecule has 0 saturated heterocycles. The molecule has 18 heavy (non-hydrogen) atoms. The van der Waals surface area contributed by atoms with E-state index in [2.05, 4.69) is 46.9 Å². The molecule has 0 aliphatic heterocycles. The summed E-state index contributed by atoms with van der Waals surface area (Å²) in [6, 6.07) is 0. The van der Waals surface area contributed by atoms with Crippen LogP contribution in [0.2, 0.25) is 0 Å². The number of nitrogens with one attached hydrogen (secondary N) is 1. The molecule has 0 bridgehead atoms. The Morgan fingerprint density at radius 2 is 1.61 bits per heavy atom. The Labute approximate surface area is 114 Å². The van der Waals surface area contributed by atoms with Crippen LogP contribution in [0.4, 0.5) is 0 Å². The summed E-state index contributed by atoms with van der Waals surface area (Å²) in [4.78, 5) is 12.1. The van der Waals surface area contributed by atoms with Gasteiger partial charge >= 0.3 is 0 Å². The number of amides is 1. The van der Waals surface area contributed by atoms with Crippen molar-refractivity contribution >= 4 is 5.91 Å². The van der Waals surface area contributed by atoms with E-state index in [-0.39, 0.29) is 11.8 Å². The van der Waals surface area contributed by atoms with Gasteiger partial charge in [0.2, 0.25) is 5.91 Å². The molecule has 1 amide bonds. The molecule has 1 atom stereocenters. The van der Waals surface area contributed by atoms with Crippen LogP contribution in [0, 0.1) is 23.7 Å². The monoisotopic (exact) mass is 255 g/mol. The molecule has 2 heteroatoms. The Morgan fingerprint density at radius 3 is 2.00 bits per heavy atom. The van der Waals surface area contributed by atoms with Gasteiger partial charge in [0.15, 0.2) is 0 Å². The van der Waals surface area contributed by atoms with E-state index in [0.29, 0.717) is 17.8 Å². The summed E-state index contributed by atoms with van der Waals surface area (Å²) in [6.07, 6.45) is 4.32. The average Bonchev–Trinajstić information content (AvgIpc) is 2.29. The fourth-order valence-corrected chi connectivity index (χ4v) is 2.58. The third-order valence-corrected chi connectivity index (χ3v) is 3.99. The highest BCUT2D eigenvalue weighted by Gasteiger charge is 2.20. The maximum Gasteiger partial charge on any atom is 0.223 e. The molecule has 0 saturated carbocycles. The van der Waals surface area contributed by atoms with E-state index >= 15 is 0 Å². The first-order valence-corrected chi connectivity index (χ1v) is 7.71. The second-order valence-electron chi connectivity index (χ2n) is 6.14. The van der Waals surface area contributed by atoms with E-state index in [9.17, 15) is 4.79 Å². The molecule has 1 unspecified atom stereocenters. The van der Waals surface area contributed by atoms with Gasteiger partial charge in [-0.1, -0.05) is 54.4 Å². The zero-order chi connectivity index (χ0) is 14.1. The van der Waals surface area contributed by atoms with Crippen molar-refractivity contribution in [2.24, 2.45) is 23.7 Å². The van der Waals surface area contributed by atoms with Gasteiger partial charge in [-0.15, -0.1) is 0 Å². The lowest BCUT2D eigenvalue weighted by Gasteiger charge is -2.26. The van der Waals surface area contributed by atoms with E-state index in [1.165, 1.54) is 6.42 Å². The second kappa shape index (κ2) is 9.41. The normalized spacial score (nSPS) is 13.4. The van der Waals surface area contributed by atoms with Gasteiger partial charge in [0, 0.05) is 12.5 Å². The van der Waals surface area contributed by atoms with Gasteiger partial charge in [-0.25, -0.2) is 0 Å². The molecular weight excluding hydrogens is 222 g/mol. The number of carbonyl (C=O) groups is 1. The molecular formula is C16H33NO. The van der Waals surface area contributed by atoms with E-state index in [4.69, 9.17) is 0 Å². The summed E-state index contributed by atoms with van der Waals surface area (Å²) >= 11 is 0. The van der Waals surface area contributed by atoms with E-state index in [1.54, 1.807) is 0 Å². The van der Waals surface area contributed by atoms with Crippen molar-refractivity contribution in [3.63, 3.8) is 0 Å². The van der Waals surface area contributed by atoms with Crippen molar-refractivity contribution in [2.45, 2.75) is 67.2 Å². The summed E-state index contributed by atoms with van der Waals surface area (Å²) < 4.78 is 0. The highest BCUT2D eigenvalue weighted by molar-refractivity contribution is 5.78. The summed E-state index contributed by atoms with van der Waals surface area (Å²) in [7, 11) is 0. The molecule has 0 aromatic heterocycles. The molecule has 0 aromatic carbocycles. The molecule has 0 fully saturated rings. The van der Waals surface area contributed by atoms with Crippen molar-refractivity contribution in [1.29, 1.82) is 0 Å². The molecule has 0 spiro atoms. The van der Waals surface area contributed by atoms with Crippen molar-refractivity contribution in [3.05, 3.63) is 0 Å². The number of hydrogen-bond acceptors (Lipinski definition) is 1. The van der Waals surface area contributed by atoms with Crippen molar-refractivity contribution in [1.82, 2.24) is 5.32 Å². The van der Waals surface area contributed by atoms with Crippen LogP contribution < -0.4 is 5.32 Å². The first-order chi connectivity index (χ1) is 8.43. The summed E-state index contributed by atoms with van der Waals surface area (Å²) in [5.41, 5.74) is 0. The molecule has 0 aliphatic carbocycles. The van der Waals surface area contributed by atoms with Gasteiger partial charge < -0.3 is 5.32 Å². The quantitative estimate of drug-likeness (QED) is 0.656. The van der Waals surface area contributed by atoms with Crippen LogP contribution in [-0.2, 0) is 4.79 Å². The Balaban J connectivity index is 4.20. The van der Waals surface area contributed by atoms with Gasteiger partial charge in [-0.2, -0.15) is 0 Å². The van der Waals surface area contributed by atoms with Crippen molar-refractivity contribution < 1.29 is 4.79 Å². The second-order valence-corrected chi connectivity index (χ2v) is 6.14. The third kappa shape index (κ3) is 6.42. The van der Waals surface area contributed by atoms with Crippen molar-refractivity contribution in [2.75, 3.05) is 6.54 Å². The fourth-order valence-electron chi connectivity index (χ4n) is 2.58. The first-order valence-electron chi connectivity index (χ1n) is 7.71. The maximum absolute atomic E-state index is 12.1. The Kier molecular flexibility index (Phi) is 9.13. The van der Waals surface area contributed by atoms with E-state index in [1.807, 2.05) is 0 Å². The molecule has 0 aliphatic rings. The molecule has 0 rings (SSSR count). The SMILES string of the molecule is CCCCC(CC)C(=O)NCC(C(C)C)C(C)C. The van der Waals surface area contributed by atoms with Crippen LogP contribution >= 0.6 is 0 Å². The van der Waals surface area contributed by atoms with Gasteiger partial charge in [-0.05, 0) is 30.6 Å². The van der Waals surface area contributed by atoms with Crippen molar-refractivity contribution in [3.8, 4) is 0 Å². The minimum absolute atomic E-state index is 0.213. The molecule has 1 N–H and O–H groups in total. The highest BCUT2D eigenvalue weighted by Crippen LogP contribution is 2.20. The predicted molar refractivity (Wildman–Crippen MR) is 79.5 cm³/mol. The minimum atomic E-state index is 0.213. The number of carbonyl (C=O) groups excluding carboxylic acids is 1. The summed E-state index contributed by atoms with van der Waals surface area (Å²) in [5.74, 6) is 2.31. The highest BCUT2D eigenvalue weighted by atomic mass is 16.1. The van der Waals surface area contributed by atoms with E-state index in [0.717, 1.165) is 25.8 Å². The van der Waals surface area contributed by atoms with Crippen LogP contribution in [-0.4, -0.2) is 12.5 Å². The molecule has 0 aromatic rings. The summed E-state index contributed by atoms with van der Waals surface area (Å²) in [6.45, 7) is 14.1. The Bertz CT molecular complexity index is 215. The lowest BCUT2D eigenvalue weighted by molar-refractivity contribution is -0.125. The average molecular weight is 255 g/mol. The Morgan fingerprint density at radius 1 is 1.06 bits per heavy atom. The van der Waals surface area contributed by atoms with Gasteiger partial charge in [0.25, 0.3) is 0 Å². The minimum Gasteiger partial charge on any atom is -0.356 e. The van der Waals surface area contributed by atoms with Crippen LogP contribution in [0.3, 0.4) is 0 Å². The topological polar surface area (TPSA) is 29.1 Å². The van der Waals surface area contributed by atoms with Gasteiger partial charge in [0.05, 0.1) is 0 Å². The zero-order valence-corrected chi connectivity index (χ0v) is 13.3. The van der Waals surface area contributed by atoms with Gasteiger partial charge in [-0.3, -0.25) is 4.79 Å². The molecule has 0 radical (unpaired) electrons. The maximum atomic E-state index is 12.1. The predicted octanol–water partition coefficient (Wildman–Crippen LogP) is 4.25. The third-order valence-electron chi connectivity index (χ3n) is 3.99. The lowest BCUT2D eigenvalue weighted by Crippen LogP contribution is -2.37. The molecule has 0 heterocycles. The van der Waals surface area contributed by atoms with Crippen LogP contribution in [0.25, 0.3) is 0 Å². The summed E-state index contributed by atoms with van der Waals surface area (Å²) in [5, 5.41) is 3.17. The van der Waals surface area contributed by atoms with Crippen LogP contribution in [0.15, 0.2) is 0 Å². The number of rotatable bonds is 9. The smallest absolute Gasteiger partial charge is 0.223 e. The van der Waals surface area contributed by atoms with E-state index < -0.39 is 0 Å². The number of hydrogen-bond donors (Lipinski definition) is 1.